The molecule has 1 heterocycles. The van der Waals surface area contributed by atoms with E-state index in [1.165, 1.54) is 23.9 Å². The Labute approximate surface area is 116 Å². The van der Waals surface area contributed by atoms with Crippen LogP contribution in [0.25, 0.3) is 0 Å². The van der Waals surface area contributed by atoms with Crippen LogP contribution >= 0.6 is 11.8 Å². The fourth-order valence-corrected chi connectivity index (χ4v) is 2.93. The van der Waals surface area contributed by atoms with Crippen molar-refractivity contribution >= 4 is 11.8 Å². The highest BCUT2D eigenvalue weighted by molar-refractivity contribution is 7.99. The van der Waals surface area contributed by atoms with E-state index in [2.05, 4.69) is 9.97 Å². The highest BCUT2D eigenvalue weighted by atomic mass is 32.2. The molecular formula is C14H16FN3S. The Kier molecular flexibility index (Phi) is 4.87. The lowest BCUT2D eigenvalue weighted by Crippen LogP contribution is -2.25. The number of nitrogens with zero attached hydrogens (tertiary/aromatic N) is 2. The lowest BCUT2D eigenvalue weighted by Gasteiger charge is -2.22. The van der Waals surface area contributed by atoms with Crippen molar-refractivity contribution < 1.29 is 4.39 Å². The van der Waals surface area contributed by atoms with Gasteiger partial charge in [-0.15, -0.1) is 0 Å². The Balaban J connectivity index is 2.26. The van der Waals surface area contributed by atoms with Gasteiger partial charge in [0.05, 0.1) is 11.4 Å². The molecular weight excluding hydrogens is 261 g/mol. The van der Waals surface area contributed by atoms with Crippen molar-refractivity contribution in [3.63, 3.8) is 0 Å². The highest BCUT2D eigenvalue weighted by Crippen LogP contribution is 2.36. The van der Waals surface area contributed by atoms with E-state index in [1.807, 2.05) is 13.0 Å². The second-order valence-electron chi connectivity index (χ2n) is 4.21. The molecule has 0 bridgehead atoms. The molecule has 0 saturated carbocycles. The molecule has 0 amide bonds. The zero-order valence-electron chi connectivity index (χ0n) is 10.7. The Morgan fingerprint density at radius 2 is 2.21 bits per heavy atom. The van der Waals surface area contributed by atoms with Crippen molar-refractivity contribution in [2.45, 2.75) is 29.7 Å². The molecule has 0 radical (unpaired) electrons. The second-order valence-corrected chi connectivity index (χ2v) is 5.37. The predicted octanol–water partition coefficient (Wildman–Crippen LogP) is 3.19. The quantitative estimate of drug-likeness (QED) is 0.853. The van der Waals surface area contributed by atoms with E-state index in [0.29, 0.717) is 0 Å². The van der Waals surface area contributed by atoms with Crippen LogP contribution in [0.2, 0.25) is 0 Å². The molecule has 100 valence electrons. The van der Waals surface area contributed by atoms with Gasteiger partial charge < -0.3 is 5.73 Å². The largest absolute Gasteiger partial charge is 0.326 e. The normalized spacial score (nSPS) is 14.1. The van der Waals surface area contributed by atoms with Crippen LogP contribution in [-0.2, 0) is 0 Å². The molecule has 2 atom stereocenters. The van der Waals surface area contributed by atoms with Crippen LogP contribution in [0.15, 0.2) is 47.9 Å². The lowest BCUT2D eigenvalue weighted by molar-refractivity contribution is 0.609. The van der Waals surface area contributed by atoms with Crippen molar-refractivity contribution in [3.8, 4) is 0 Å². The first kappa shape index (κ1) is 14.0. The van der Waals surface area contributed by atoms with Gasteiger partial charge in [-0.1, -0.05) is 30.8 Å². The molecule has 0 spiro atoms. The molecule has 2 aromatic rings. The number of rotatable bonds is 5. The van der Waals surface area contributed by atoms with E-state index >= 15 is 0 Å². The molecule has 0 aliphatic rings. The van der Waals surface area contributed by atoms with Gasteiger partial charge in [-0.2, -0.15) is 0 Å². The van der Waals surface area contributed by atoms with Gasteiger partial charge in [0.1, 0.15) is 10.8 Å². The minimum Gasteiger partial charge on any atom is -0.326 e. The number of hydrogen-bond acceptors (Lipinski definition) is 4. The highest BCUT2D eigenvalue weighted by Gasteiger charge is 2.21. The minimum atomic E-state index is -0.245. The number of thioether (sulfide) groups is 1. The van der Waals surface area contributed by atoms with Crippen molar-refractivity contribution in [1.29, 1.82) is 0 Å². The number of halogens is 1. The summed E-state index contributed by atoms with van der Waals surface area (Å²) < 4.78 is 13.4. The average molecular weight is 277 g/mol. The van der Waals surface area contributed by atoms with E-state index < -0.39 is 0 Å². The number of aromatic nitrogens is 2. The maximum atomic E-state index is 13.4. The Morgan fingerprint density at radius 3 is 2.84 bits per heavy atom. The first-order valence-electron chi connectivity index (χ1n) is 6.14. The zero-order chi connectivity index (χ0) is 13.7. The lowest BCUT2D eigenvalue weighted by atomic mass is 10.0. The van der Waals surface area contributed by atoms with Crippen molar-refractivity contribution in [3.05, 3.63) is 54.2 Å². The van der Waals surface area contributed by atoms with E-state index in [1.54, 1.807) is 24.7 Å². The average Bonchev–Trinajstić information content (AvgIpc) is 2.45. The van der Waals surface area contributed by atoms with Crippen LogP contribution in [0.1, 0.15) is 24.2 Å². The standard InChI is InChI=1S/C14H16FN3S/c1-2-12(16)14(10-4-3-5-11(15)8-10)19-13-9-17-6-7-18-13/h3-9,12,14H,2,16H2,1H3. The first-order chi connectivity index (χ1) is 9.20. The third-order valence-electron chi connectivity index (χ3n) is 2.82. The van der Waals surface area contributed by atoms with Gasteiger partial charge in [0, 0.05) is 18.4 Å². The molecule has 2 rings (SSSR count). The Bertz CT molecular complexity index is 521. The maximum absolute atomic E-state index is 13.4. The van der Waals surface area contributed by atoms with Crippen LogP contribution in [0.3, 0.4) is 0 Å². The third-order valence-corrected chi connectivity index (χ3v) is 4.15. The van der Waals surface area contributed by atoms with Crippen LogP contribution < -0.4 is 5.73 Å². The van der Waals surface area contributed by atoms with Gasteiger partial charge in [-0.3, -0.25) is 4.98 Å². The molecule has 1 aromatic heterocycles. The summed E-state index contributed by atoms with van der Waals surface area (Å²) in [5.41, 5.74) is 7.04. The van der Waals surface area contributed by atoms with Crippen molar-refractivity contribution in [2.24, 2.45) is 5.73 Å². The van der Waals surface area contributed by atoms with Gasteiger partial charge in [0.15, 0.2) is 0 Å². The maximum Gasteiger partial charge on any atom is 0.123 e. The molecule has 1 aromatic carbocycles. The molecule has 0 saturated heterocycles. The van der Waals surface area contributed by atoms with Gasteiger partial charge in [-0.05, 0) is 24.1 Å². The number of nitrogens with two attached hydrogens (primary N) is 1. The van der Waals surface area contributed by atoms with E-state index in [4.69, 9.17) is 5.73 Å². The summed E-state index contributed by atoms with van der Waals surface area (Å²) in [7, 11) is 0. The zero-order valence-corrected chi connectivity index (χ0v) is 11.5. The SMILES string of the molecule is CCC(N)C(Sc1cnccn1)c1cccc(F)c1. The summed E-state index contributed by atoms with van der Waals surface area (Å²) in [6, 6.07) is 6.51. The molecule has 3 nitrogen and oxygen atoms in total. The van der Waals surface area contributed by atoms with Crippen LogP contribution in [0.5, 0.6) is 0 Å². The van der Waals surface area contributed by atoms with Gasteiger partial charge in [-0.25, -0.2) is 9.37 Å². The molecule has 2 N–H and O–H groups in total. The topological polar surface area (TPSA) is 51.8 Å². The summed E-state index contributed by atoms with van der Waals surface area (Å²) in [6.07, 6.45) is 5.78. The smallest absolute Gasteiger partial charge is 0.123 e. The van der Waals surface area contributed by atoms with Crippen LogP contribution in [0, 0.1) is 5.82 Å². The summed E-state index contributed by atoms with van der Waals surface area (Å²) in [5.74, 6) is -0.245. The fourth-order valence-electron chi connectivity index (χ4n) is 1.78. The Morgan fingerprint density at radius 1 is 1.37 bits per heavy atom. The van der Waals surface area contributed by atoms with Gasteiger partial charge in [0.2, 0.25) is 0 Å². The summed E-state index contributed by atoms with van der Waals surface area (Å²) in [6.45, 7) is 2.02. The molecule has 19 heavy (non-hydrogen) atoms. The number of benzene rings is 1. The second kappa shape index (κ2) is 6.63. The third kappa shape index (κ3) is 3.75. The minimum absolute atomic E-state index is 0.0302. The number of hydrogen-bond donors (Lipinski definition) is 1. The first-order valence-corrected chi connectivity index (χ1v) is 7.02. The van der Waals surface area contributed by atoms with Crippen LogP contribution in [-0.4, -0.2) is 16.0 Å². The predicted molar refractivity (Wildman–Crippen MR) is 75.3 cm³/mol. The Hall–Kier alpha value is -1.46. The fraction of sp³-hybridized carbons (Fsp3) is 0.286. The molecule has 5 heteroatoms. The summed E-state index contributed by atoms with van der Waals surface area (Å²) in [5, 5.41) is 0.762. The van der Waals surface area contributed by atoms with E-state index in [9.17, 15) is 4.39 Å². The van der Waals surface area contributed by atoms with E-state index in [-0.39, 0.29) is 17.1 Å². The van der Waals surface area contributed by atoms with Crippen molar-refractivity contribution in [1.82, 2.24) is 9.97 Å². The molecule has 2 unspecified atom stereocenters. The van der Waals surface area contributed by atoms with Gasteiger partial charge >= 0.3 is 0 Å². The van der Waals surface area contributed by atoms with Gasteiger partial charge in [0.25, 0.3) is 0 Å². The van der Waals surface area contributed by atoms with E-state index in [0.717, 1.165) is 17.0 Å². The summed E-state index contributed by atoms with van der Waals surface area (Å²) in [4.78, 5) is 8.27. The summed E-state index contributed by atoms with van der Waals surface area (Å²) >= 11 is 1.52. The molecule has 0 fully saturated rings. The monoisotopic (exact) mass is 277 g/mol. The van der Waals surface area contributed by atoms with Crippen LogP contribution in [0.4, 0.5) is 4.39 Å². The molecule has 0 aliphatic heterocycles. The van der Waals surface area contributed by atoms with Crippen molar-refractivity contribution in [2.75, 3.05) is 0 Å². The molecule has 0 aliphatic carbocycles.